The van der Waals surface area contributed by atoms with Crippen LogP contribution in [0.15, 0.2) is 24.3 Å². The minimum absolute atomic E-state index is 0.00905. The lowest BCUT2D eigenvalue weighted by Gasteiger charge is -2.43. The zero-order valence-corrected chi connectivity index (χ0v) is 13.3. The Balaban J connectivity index is 0.000000924. The van der Waals surface area contributed by atoms with Crippen LogP contribution in [-0.2, 0) is 5.54 Å². The molecule has 1 aliphatic heterocycles. The van der Waals surface area contributed by atoms with Crippen LogP contribution >= 0.6 is 0 Å². The third kappa shape index (κ3) is 2.88. The Morgan fingerprint density at radius 3 is 2.43 bits per heavy atom. The number of halogens is 3. The van der Waals surface area contributed by atoms with Crippen LogP contribution < -0.4 is 5.32 Å². The van der Waals surface area contributed by atoms with Crippen LogP contribution in [0, 0.1) is 17.8 Å². The molecule has 1 atom stereocenters. The number of carbonyl (C=O) groups is 1. The molecule has 3 nitrogen and oxygen atoms in total. The number of nitrogens with zero attached hydrogens (tertiary/aromatic N) is 1. The molecule has 6 heteroatoms. The van der Waals surface area contributed by atoms with Gasteiger partial charge in [-0.2, -0.15) is 13.2 Å². The molecular formula is C17H19F3N2O. The lowest BCUT2D eigenvalue weighted by atomic mass is 9.85. The van der Waals surface area contributed by atoms with Gasteiger partial charge in [-0.25, -0.2) is 4.79 Å². The number of hydrogen-bond donors (Lipinski definition) is 1. The van der Waals surface area contributed by atoms with Crippen molar-refractivity contribution in [1.29, 1.82) is 0 Å². The van der Waals surface area contributed by atoms with Crippen LogP contribution in [0.5, 0.6) is 0 Å². The minimum atomic E-state index is -4.68. The number of anilines is 1. The quantitative estimate of drug-likeness (QED) is 0.707. The highest BCUT2D eigenvalue weighted by atomic mass is 19.4. The SMILES string of the molecule is CC.CN1C(=O)Nc2ccccc2C1(C#CC1CC1)C(F)(F)F. The van der Waals surface area contributed by atoms with E-state index in [0.717, 1.165) is 19.9 Å². The lowest BCUT2D eigenvalue weighted by molar-refractivity contribution is -0.203. The average Bonchev–Trinajstić information content (AvgIpc) is 3.33. The van der Waals surface area contributed by atoms with Crippen LogP contribution in [0.2, 0.25) is 0 Å². The summed E-state index contributed by atoms with van der Waals surface area (Å²) in [7, 11) is 1.13. The fourth-order valence-electron chi connectivity index (χ4n) is 2.44. The number of fused-ring (bicyclic) bond motifs is 1. The molecule has 1 aliphatic carbocycles. The highest BCUT2D eigenvalue weighted by Gasteiger charge is 2.62. The molecule has 1 saturated carbocycles. The number of amides is 2. The molecular weight excluding hydrogens is 305 g/mol. The van der Waals surface area contributed by atoms with E-state index in [4.69, 9.17) is 0 Å². The van der Waals surface area contributed by atoms with Crippen molar-refractivity contribution in [3.8, 4) is 11.8 Å². The van der Waals surface area contributed by atoms with E-state index in [1.54, 1.807) is 6.07 Å². The van der Waals surface area contributed by atoms with E-state index in [2.05, 4.69) is 17.2 Å². The number of benzene rings is 1. The van der Waals surface area contributed by atoms with Crippen molar-refractivity contribution in [2.75, 3.05) is 12.4 Å². The first-order valence-corrected chi connectivity index (χ1v) is 7.60. The van der Waals surface area contributed by atoms with Gasteiger partial charge in [0.25, 0.3) is 0 Å². The molecule has 1 heterocycles. The summed E-state index contributed by atoms with van der Waals surface area (Å²) in [5.41, 5.74) is -2.47. The minimum Gasteiger partial charge on any atom is -0.307 e. The molecule has 3 rings (SSSR count). The average molecular weight is 324 g/mol. The van der Waals surface area contributed by atoms with E-state index in [1.165, 1.54) is 18.2 Å². The molecule has 2 amide bonds. The molecule has 0 radical (unpaired) electrons. The highest BCUT2D eigenvalue weighted by Crippen LogP contribution is 2.48. The first kappa shape index (κ1) is 17.2. The van der Waals surface area contributed by atoms with Gasteiger partial charge in [-0.1, -0.05) is 43.9 Å². The predicted molar refractivity (Wildman–Crippen MR) is 82.8 cm³/mol. The topological polar surface area (TPSA) is 32.3 Å². The summed E-state index contributed by atoms with van der Waals surface area (Å²) >= 11 is 0. The molecule has 23 heavy (non-hydrogen) atoms. The second-order valence-corrected chi connectivity index (χ2v) is 5.29. The van der Waals surface area contributed by atoms with Gasteiger partial charge < -0.3 is 5.32 Å². The fourth-order valence-corrected chi connectivity index (χ4v) is 2.44. The lowest BCUT2D eigenvalue weighted by Crippen LogP contribution is -2.59. The van der Waals surface area contributed by atoms with Gasteiger partial charge in [-0.3, -0.25) is 4.90 Å². The van der Waals surface area contributed by atoms with E-state index < -0.39 is 17.7 Å². The Kier molecular flexibility index (Phi) is 4.60. The predicted octanol–water partition coefficient (Wildman–Crippen LogP) is 4.36. The van der Waals surface area contributed by atoms with Gasteiger partial charge in [-0.15, -0.1) is 0 Å². The van der Waals surface area contributed by atoms with Crippen molar-refractivity contribution < 1.29 is 18.0 Å². The number of alkyl halides is 3. The van der Waals surface area contributed by atoms with E-state index >= 15 is 0 Å². The summed E-state index contributed by atoms with van der Waals surface area (Å²) in [5, 5.41) is 2.46. The molecule has 0 aromatic heterocycles. The number of rotatable bonds is 0. The van der Waals surface area contributed by atoms with Gasteiger partial charge in [0, 0.05) is 24.2 Å². The number of nitrogens with one attached hydrogen (secondary N) is 1. The fraction of sp³-hybridized carbons (Fsp3) is 0.471. The monoisotopic (exact) mass is 324 g/mol. The van der Waals surface area contributed by atoms with Gasteiger partial charge in [-0.05, 0) is 18.9 Å². The Morgan fingerprint density at radius 1 is 1.26 bits per heavy atom. The maximum absolute atomic E-state index is 13.8. The molecule has 124 valence electrons. The Labute approximate surface area is 133 Å². The van der Waals surface area contributed by atoms with Crippen molar-refractivity contribution in [3.05, 3.63) is 29.8 Å². The van der Waals surface area contributed by atoms with Crippen LogP contribution in [0.4, 0.5) is 23.7 Å². The summed E-state index contributed by atoms with van der Waals surface area (Å²) in [5.74, 6) is 5.05. The molecule has 1 aromatic rings. The van der Waals surface area contributed by atoms with Crippen molar-refractivity contribution in [2.24, 2.45) is 5.92 Å². The van der Waals surface area contributed by atoms with E-state index in [9.17, 15) is 18.0 Å². The normalized spacial score (nSPS) is 22.9. The van der Waals surface area contributed by atoms with E-state index in [-0.39, 0.29) is 17.2 Å². The van der Waals surface area contributed by atoms with Crippen LogP contribution in [0.3, 0.4) is 0 Å². The van der Waals surface area contributed by atoms with E-state index in [1.807, 2.05) is 13.8 Å². The molecule has 1 N–H and O–H groups in total. The Hall–Kier alpha value is -2.16. The van der Waals surface area contributed by atoms with Gasteiger partial charge in [0.1, 0.15) is 0 Å². The van der Waals surface area contributed by atoms with Gasteiger partial charge >= 0.3 is 12.2 Å². The molecule has 1 fully saturated rings. The standard InChI is InChI=1S/C15H13F3N2O.C2H6/c1-20-13(21)19-12-5-3-2-4-11(12)14(20,15(16,17)18)9-8-10-6-7-10;1-2/h2-5,10H,6-7H2,1H3,(H,19,21);1-2H3. The van der Waals surface area contributed by atoms with Crippen molar-refractivity contribution in [3.63, 3.8) is 0 Å². The van der Waals surface area contributed by atoms with Crippen molar-refractivity contribution >= 4 is 11.7 Å². The number of hydrogen-bond acceptors (Lipinski definition) is 1. The zero-order chi connectivity index (χ0) is 17.3. The number of para-hydroxylation sites is 1. The second kappa shape index (κ2) is 6.15. The smallest absolute Gasteiger partial charge is 0.307 e. The maximum atomic E-state index is 13.8. The molecule has 0 spiro atoms. The molecule has 1 unspecified atom stereocenters. The second-order valence-electron chi connectivity index (χ2n) is 5.29. The summed E-state index contributed by atoms with van der Waals surface area (Å²) < 4.78 is 41.5. The summed E-state index contributed by atoms with van der Waals surface area (Å²) in [4.78, 5) is 12.6. The summed E-state index contributed by atoms with van der Waals surface area (Å²) in [6.45, 7) is 4.00. The maximum Gasteiger partial charge on any atom is 0.427 e. The Bertz CT molecular complexity index is 656. The molecule has 0 saturated heterocycles. The van der Waals surface area contributed by atoms with Crippen LogP contribution in [-0.4, -0.2) is 24.2 Å². The van der Waals surface area contributed by atoms with Crippen molar-refractivity contribution in [1.82, 2.24) is 4.90 Å². The first-order chi connectivity index (χ1) is 10.9. The first-order valence-electron chi connectivity index (χ1n) is 7.60. The van der Waals surface area contributed by atoms with Crippen LogP contribution in [0.25, 0.3) is 0 Å². The van der Waals surface area contributed by atoms with E-state index in [0.29, 0.717) is 4.90 Å². The number of urea groups is 1. The molecule has 2 aliphatic rings. The molecule has 1 aromatic carbocycles. The summed E-state index contributed by atoms with van der Waals surface area (Å²) in [6.07, 6.45) is -3.05. The summed E-state index contributed by atoms with van der Waals surface area (Å²) in [6, 6.07) is 5.11. The zero-order valence-electron chi connectivity index (χ0n) is 13.3. The van der Waals surface area contributed by atoms with Gasteiger partial charge in [0.05, 0.1) is 0 Å². The largest absolute Gasteiger partial charge is 0.427 e. The van der Waals surface area contributed by atoms with Gasteiger partial charge in [0.15, 0.2) is 0 Å². The molecule has 0 bridgehead atoms. The third-order valence-corrected chi connectivity index (χ3v) is 3.81. The Morgan fingerprint density at radius 2 is 1.87 bits per heavy atom. The third-order valence-electron chi connectivity index (χ3n) is 3.81. The van der Waals surface area contributed by atoms with Crippen molar-refractivity contribution in [2.45, 2.75) is 38.4 Å². The highest BCUT2D eigenvalue weighted by molar-refractivity contribution is 5.94. The van der Waals surface area contributed by atoms with Gasteiger partial charge in [0.2, 0.25) is 5.54 Å². The number of carbonyl (C=O) groups excluding carboxylic acids is 1. The van der Waals surface area contributed by atoms with Crippen LogP contribution in [0.1, 0.15) is 32.3 Å².